The summed E-state index contributed by atoms with van der Waals surface area (Å²) in [6, 6.07) is 1.57. The Labute approximate surface area is 117 Å². The van der Waals surface area contributed by atoms with E-state index in [9.17, 15) is 14.7 Å². The van der Waals surface area contributed by atoms with Crippen LogP contribution in [-0.4, -0.2) is 27.9 Å². The zero-order chi connectivity index (χ0) is 15.5. The van der Waals surface area contributed by atoms with Gasteiger partial charge in [0.05, 0.1) is 5.56 Å². The molecule has 0 fully saturated rings. The normalized spacial score (nSPS) is 10.6. The van der Waals surface area contributed by atoms with Crippen LogP contribution in [0.1, 0.15) is 31.9 Å². The molecule has 1 N–H and O–H groups in total. The van der Waals surface area contributed by atoms with Crippen LogP contribution in [0.15, 0.2) is 12.3 Å². The number of hydrogen-bond acceptors (Lipinski definition) is 4. The molecule has 0 unspecified atom stereocenters. The lowest BCUT2D eigenvalue weighted by atomic mass is 10.2. The molecule has 1 heterocycles. The lowest BCUT2D eigenvalue weighted by molar-refractivity contribution is 0.0581. The Bertz CT molecular complexity index is 582. The number of amides is 2. The molecule has 1 aromatic rings. The van der Waals surface area contributed by atoms with Crippen LogP contribution in [0.4, 0.5) is 15.4 Å². The number of aromatic nitrogens is 1. The highest BCUT2D eigenvalue weighted by atomic mass is 16.6. The summed E-state index contributed by atoms with van der Waals surface area (Å²) in [5.41, 5.74) is 0.140. The van der Waals surface area contributed by atoms with E-state index in [4.69, 9.17) is 11.2 Å². The summed E-state index contributed by atoms with van der Waals surface area (Å²) in [7, 11) is 0. The number of rotatable bonds is 1. The molecule has 0 saturated heterocycles. The van der Waals surface area contributed by atoms with Gasteiger partial charge in [-0.15, -0.1) is 6.42 Å². The predicted molar refractivity (Wildman–Crippen MR) is 73.6 cm³/mol. The Morgan fingerprint density at radius 2 is 2.05 bits per heavy atom. The highest BCUT2D eigenvalue weighted by molar-refractivity contribution is 6.08. The molecule has 0 aromatic carbocycles. The Morgan fingerprint density at radius 3 is 2.50 bits per heavy atom. The van der Waals surface area contributed by atoms with Gasteiger partial charge in [0.1, 0.15) is 5.60 Å². The van der Waals surface area contributed by atoms with Gasteiger partial charge in [0.2, 0.25) is 0 Å². The number of ether oxygens (including phenoxy) is 1. The van der Waals surface area contributed by atoms with Crippen molar-refractivity contribution in [2.45, 2.75) is 33.3 Å². The second-order valence-electron chi connectivity index (χ2n) is 5.13. The number of aryl methyl sites for hydroxylation is 1. The van der Waals surface area contributed by atoms with Gasteiger partial charge in [-0.25, -0.2) is 14.6 Å². The third-order valence-electron chi connectivity index (χ3n) is 2.14. The van der Waals surface area contributed by atoms with E-state index in [2.05, 4.69) is 10.9 Å². The van der Waals surface area contributed by atoms with Crippen molar-refractivity contribution < 1.29 is 19.4 Å². The van der Waals surface area contributed by atoms with E-state index >= 15 is 0 Å². The van der Waals surface area contributed by atoms with Crippen LogP contribution in [-0.2, 0) is 4.74 Å². The summed E-state index contributed by atoms with van der Waals surface area (Å²) in [5, 5.41) is 9.20. The minimum absolute atomic E-state index is 0.139. The molecule has 0 atom stereocenters. The van der Waals surface area contributed by atoms with E-state index in [0.29, 0.717) is 4.90 Å². The first kappa shape index (κ1) is 15.5. The van der Waals surface area contributed by atoms with Crippen molar-refractivity contribution in [3.63, 3.8) is 0 Å². The number of imide groups is 1. The quantitative estimate of drug-likeness (QED) is 0.798. The maximum Gasteiger partial charge on any atom is 0.425 e. The molecule has 6 heteroatoms. The molecule has 0 bridgehead atoms. The number of anilines is 1. The lowest BCUT2D eigenvalue weighted by Crippen LogP contribution is -2.41. The monoisotopic (exact) mass is 276 g/mol. The average Bonchev–Trinajstić information content (AvgIpc) is 2.28. The molecular formula is C14H16N2O4. The number of carbonyl (C=O) groups excluding carboxylic acids is 1. The number of nitrogens with zero attached hydrogens (tertiary/aromatic N) is 2. The third-order valence-corrected chi connectivity index (χ3v) is 2.14. The van der Waals surface area contributed by atoms with Crippen LogP contribution in [0.2, 0.25) is 0 Å². The molecule has 0 saturated carbocycles. The standard InChI is InChI=1S/C14H16N2O4/c1-6-10-7-9(2)8-15-11(10)16(12(17)18)13(19)20-14(3,4)5/h1,7-8H,2-5H3,(H,17,18). The molecule has 0 radical (unpaired) electrons. The highest BCUT2D eigenvalue weighted by Crippen LogP contribution is 2.21. The smallest absolute Gasteiger partial charge is 0.425 e. The molecule has 0 spiro atoms. The second kappa shape index (κ2) is 5.61. The Morgan fingerprint density at radius 1 is 1.45 bits per heavy atom. The van der Waals surface area contributed by atoms with Gasteiger partial charge in [0.25, 0.3) is 0 Å². The fourth-order valence-electron chi connectivity index (χ4n) is 1.41. The van der Waals surface area contributed by atoms with Crippen LogP contribution < -0.4 is 4.90 Å². The van der Waals surface area contributed by atoms with Crippen LogP contribution in [0.5, 0.6) is 0 Å². The second-order valence-corrected chi connectivity index (χ2v) is 5.13. The molecular weight excluding hydrogens is 260 g/mol. The van der Waals surface area contributed by atoms with Crippen molar-refractivity contribution in [2.75, 3.05) is 4.90 Å². The fraction of sp³-hybridized carbons (Fsp3) is 0.357. The summed E-state index contributed by atoms with van der Waals surface area (Å²) in [6.07, 6.45) is 4.20. The van der Waals surface area contributed by atoms with E-state index in [1.807, 2.05) is 0 Å². The summed E-state index contributed by atoms with van der Waals surface area (Å²) in [4.78, 5) is 27.6. The van der Waals surface area contributed by atoms with Crippen LogP contribution in [0.3, 0.4) is 0 Å². The Balaban J connectivity index is 3.26. The van der Waals surface area contributed by atoms with Gasteiger partial charge in [-0.1, -0.05) is 5.92 Å². The maximum absolute atomic E-state index is 12.0. The average molecular weight is 276 g/mol. The summed E-state index contributed by atoms with van der Waals surface area (Å²) >= 11 is 0. The summed E-state index contributed by atoms with van der Waals surface area (Å²) in [6.45, 7) is 6.66. The summed E-state index contributed by atoms with van der Waals surface area (Å²) < 4.78 is 5.04. The van der Waals surface area contributed by atoms with Gasteiger partial charge in [-0.2, -0.15) is 4.90 Å². The Kier molecular flexibility index (Phi) is 4.35. The van der Waals surface area contributed by atoms with E-state index < -0.39 is 17.8 Å². The largest absolute Gasteiger partial charge is 0.464 e. The minimum atomic E-state index is -1.51. The van der Waals surface area contributed by atoms with Crippen LogP contribution >= 0.6 is 0 Å². The van der Waals surface area contributed by atoms with Crippen molar-refractivity contribution in [3.8, 4) is 12.3 Å². The molecule has 6 nitrogen and oxygen atoms in total. The van der Waals surface area contributed by atoms with Crippen LogP contribution in [0, 0.1) is 19.3 Å². The zero-order valence-corrected chi connectivity index (χ0v) is 11.8. The van der Waals surface area contributed by atoms with Gasteiger partial charge in [-0.05, 0) is 39.3 Å². The highest BCUT2D eigenvalue weighted by Gasteiger charge is 2.31. The predicted octanol–water partition coefficient (Wildman–Crippen LogP) is 2.79. The van der Waals surface area contributed by atoms with Gasteiger partial charge < -0.3 is 9.84 Å². The van der Waals surface area contributed by atoms with Crippen molar-refractivity contribution in [2.24, 2.45) is 0 Å². The number of carbonyl (C=O) groups is 2. The number of hydrogen-bond donors (Lipinski definition) is 1. The van der Waals surface area contributed by atoms with Gasteiger partial charge in [0, 0.05) is 6.20 Å². The van der Waals surface area contributed by atoms with Gasteiger partial charge in [0.15, 0.2) is 5.82 Å². The first-order chi connectivity index (χ1) is 9.15. The molecule has 106 valence electrons. The zero-order valence-electron chi connectivity index (χ0n) is 11.8. The molecule has 0 aliphatic carbocycles. The first-order valence-corrected chi connectivity index (χ1v) is 5.85. The van der Waals surface area contributed by atoms with E-state index in [-0.39, 0.29) is 11.4 Å². The summed E-state index contributed by atoms with van der Waals surface area (Å²) in [5.74, 6) is 2.18. The van der Waals surface area contributed by atoms with Crippen molar-refractivity contribution in [3.05, 3.63) is 23.4 Å². The molecule has 2 amide bonds. The third kappa shape index (κ3) is 3.72. The minimum Gasteiger partial charge on any atom is -0.464 e. The molecule has 0 aliphatic heterocycles. The maximum atomic E-state index is 12.0. The first-order valence-electron chi connectivity index (χ1n) is 5.85. The van der Waals surface area contributed by atoms with E-state index in [0.717, 1.165) is 5.56 Å². The fourth-order valence-corrected chi connectivity index (χ4v) is 1.41. The van der Waals surface area contributed by atoms with Crippen molar-refractivity contribution in [1.82, 2.24) is 4.98 Å². The van der Waals surface area contributed by atoms with Crippen molar-refractivity contribution >= 4 is 18.0 Å². The molecule has 0 aliphatic rings. The van der Waals surface area contributed by atoms with Gasteiger partial charge >= 0.3 is 12.2 Å². The topological polar surface area (TPSA) is 79.7 Å². The lowest BCUT2D eigenvalue weighted by Gasteiger charge is -2.24. The SMILES string of the molecule is C#Cc1cc(C)cnc1N(C(=O)O)C(=O)OC(C)(C)C. The van der Waals surface area contributed by atoms with E-state index in [1.54, 1.807) is 33.8 Å². The molecule has 1 aromatic heterocycles. The molecule has 1 rings (SSSR count). The van der Waals surface area contributed by atoms with Crippen LogP contribution in [0.25, 0.3) is 0 Å². The number of terminal acetylenes is 1. The Hall–Kier alpha value is -2.55. The number of pyridine rings is 1. The van der Waals surface area contributed by atoms with E-state index in [1.165, 1.54) is 6.20 Å². The van der Waals surface area contributed by atoms with Crippen molar-refractivity contribution in [1.29, 1.82) is 0 Å². The van der Waals surface area contributed by atoms with Gasteiger partial charge in [-0.3, -0.25) is 0 Å². The number of carboxylic acid groups (broad SMARTS) is 1. The molecule has 20 heavy (non-hydrogen) atoms.